The quantitative estimate of drug-likeness (QED) is 0.391. The van der Waals surface area contributed by atoms with Gasteiger partial charge in [0, 0.05) is 0 Å². The number of hydrogen-bond acceptors (Lipinski definition) is 0. The number of rotatable bonds is 1. The van der Waals surface area contributed by atoms with Crippen molar-refractivity contribution in [2.75, 3.05) is 0 Å². The van der Waals surface area contributed by atoms with Crippen LogP contribution in [0.1, 0.15) is 0 Å². The van der Waals surface area contributed by atoms with Crippen molar-refractivity contribution in [3.63, 3.8) is 0 Å². The molecule has 0 spiro atoms. The van der Waals surface area contributed by atoms with Gasteiger partial charge in [-0.25, -0.2) is 0 Å². The Morgan fingerprint density at radius 1 is 1.50 bits per heavy atom. The summed E-state index contributed by atoms with van der Waals surface area (Å²) >= 11 is 0.995. The molecule has 0 aliphatic rings. The van der Waals surface area contributed by atoms with Gasteiger partial charge in [-0.3, -0.25) is 12.9 Å². The maximum Gasteiger partial charge on any atom is 0.762 e. The molecule has 0 aromatic carbocycles. The summed E-state index contributed by atoms with van der Waals surface area (Å²) in [5.41, 5.74) is 0. The van der Waals surface area contributed by atoms with Crippen LogP contribution in [0.15, 0.2) is 12.7 Å². The van der Waals surface area contributed by atoms with Crippen molar-refractivity contribution in [2.24, 2.45) is 0 Å². The fraction of sp³-hybridized carbons (Fsp3) is 0.333. The average Bonchev–Trinajstić information content (AvgIpc) is 1.65. The fourth-order valence-corrected chi connectivity index (χ4v) is 0. The molecule has 0 radical (unpaired) electrons. The molecule has 0 amide bonds. The van der Waals surface area contributed by atoms with Crippen molar-refractivity contribution in [1.82, 2.24) is 0 Å². The summed E-state index contributed by atoms with van der Waals surface area (Å²) in [5.74, 6) is 0. The Balaban J connectivity index is 0. The topological polar surface area (TPSA) is 0 Å². The summed E-state index contributed by atoms with van der Waals surface area (Å²) in [6.07, 6.45) is 1.96. The predicted molar refractivity (Wildman–Crippen MR) is 29.8 cm³/mol. The van der Waals surface area contributed by atoms with Crippen LogP contribution in [-0.2, 0) is 0 Å². The number of halogens is 3. The molecular formula is C3H5BF3K. The van der Waals surface area contributed by atoms with Gasteiger partial charge in [-0.15, -0.1) is 0 Å². The van der Waals surface area contributed by atoms with Crippen molar-refractivity contribution in [3.8, 4) is 0 Å². The molecule has 0 unspecified atom stereocenters. The van der Waals surface area contributed by atoms with Crippen molar-refractivity contribution in [1.29, 1.82) is 0 Å². The molecule has 0 atom stereocenters. The Hall–Kier alpha value is 1.23. The van der Waals surface area contributed by atoms with Crippen molar-refractivity contribution < 1.29 is 12.9 Å². The normalized spacial score (nSPS) is 6.62. The van der Waals surface area contributed by atoms with Crippen LogP contribution in [0.4, 0.5) is 12.9 Å². The first-order chi connectivity index (χ1) is 3.65. The Morgan fingerprint density at radius 3 is 1.62 bits per heavy atom. The molecule has 0 heterocycles. The second kappa shape index (κ2) is 11.1. The molecule has 0 aromatic heterocycles. The van der Waals surface area contributed by atoms with Crippen LogP contribution < -0.4 is 0 Å². The van der Waals surface area contributed by atoms with Crippen molar-refractivity contribution in [3.05, 3.63) is 12.7 Å². The molecule has 0 nitrogen and oxygen atoms in total. The van der Waals surface area contributed by atoms with Gasteiger partial charge in [0.25, 0.3) is 0 Å². The van der Waals surface area contributed by atoms with Gasteiger partial charge in [-0.1, -0.05) is 0 Å². The van der Waals surface area contributed by atoms with E-state index in [0.29, 0.717) is 0 Å². The van der Waals surface area contributed by atoms with E-state index in [1.165, 1.54) is 0.515 Å². The fourth-order valence-electron chi connectivity index (χ4n) is 0. The van der Waals surface area contributed by atoms with Crippen molar-refractivity contribution >= 4 is 56.5 Å². The van der Waals surface area contributed by atoms with Crippen LogP contribution in [0.25, 0.3) is 0 Å². The van der Waals surface area contributed by atoms with Gasteiger partial charge in [0.2, 0.25) is 0 Å². The molecule has 0 aliphatic heterocycles. The molecule has 0 aromatic rings. The van der Waals surface area contributed by atoms with Gasteiger partial charge in [0.1, 0.15) is 0 Å². The van der Waals surface area contributed by atoms with Crippen molar-refractivity contribution in [2.45, 2.75) is 0.515 Å². The molecular weight excluding hydrogens is 143 g/mol. The van der Waals surface area contributed by atoms with Crippen LogP contribution in [-0.4, -0.2) is 56.5 Å². The van der Waals surface area contributed by atoms with E-state index in [2.05, 4.69) is 6.58 Å². The third kappa shape index (κ3) is 56.4. The molecule has 0 saturated heterocycles. The van der Waals surface area contributed by atoms with Crippen LogP contribution in [0, 0.1) is 0 Å². The predicted octanol–water partition coefficient (Wildman–Crippen LogP) is 1.64. The van der Waals surface area contributed by atoms with Gasteiger partial charge in [0.15, 0.2) is 0 Å². The third-order valence-electron chi connectivity index (χ3n) is 0.289. The Morgan fingerprint density at radius 2 is 1.62 bits per heavy atom. The SMILES string of the molecule is C=C[CH2][K].FB(F)F. The number of hydrogen-bond donors (Lipinski definition) is 0. The molecule has 0 saturated carbocycles. The van der Waals surface area contributed by atoms with Crippen LogP contribution in [0.2, 0.25) is 0.515 Å². The van der Waals surface area contributed by atoms with Gasteiger partial charge < -0.3 is 0 Å². The second-order valence-electron chi connectivity index (χ2n) is 0.944. The van der Waals surface area contributed by atoms with E-state index in [9.17, 15) is 12.9 Å². The zero-order valence-electron chi connectivity index (χ0n) is 4.70. The van der Waals surface area contributed by atoms with Gasteiger partial charge in [-0.2, -0.15) is 0 Å². The van der Waals surface area contributed by atoms with E-state index in [4.69, 9.17) is 0 Å². The summed E-state index contributed by atoms with van der Waals surface area (Å²) < 4.78 is 30.3. The standard InChI is InChI=1S/C3H5.BF3.K/c1-3-2;2-1(3)4;/h3H,1-2H2;;. The molecule has 0 N–H and O–H groups in total. The number of allylic oxidation sites excluding steroid dienone is 1. The first-order valence-electron chi connectivity index (χ1n) is 2.18. The molecule has 0 bridgehead atoms. The summed E-state index contributed by atoms with van der Waals surface area (Å²) in [5, 5.41) is 0. The van der Waals surface area contributed by atoms with Crippen LogP contribution >= 0.6 is 0 Å². The van der Waals surface area contributed by atoms with E-state index in [1.807, 2.05) is 6.08 Å². The van der Waals surface area contributed by atoms with Gasteiger partial charge >= 0.3 is 69.7 Å². The zero-order chi connectivity index (χ0) is 6.99. The monoisotopic (exact) mass is 148 g/mol. The minimum atomic E-state index is -3.67. The van der Waals surface area contributed by atoms with E-state index in [0.717, 1.165) is 49.0 Å². The maximum atomic E-state index is 9.67. The summed E-state index contributed by atoms with van der Waals surface area (Å²) in [6, 6.07) is 0. The Labute approximate surface area is 81.3 Å². The molecule has 0 aliphatic carbocycles. The molecule has 0 fully saturated rings. The Kier molecular flexibility index (Phi) is 16.6. The van der Waals surface area contributed by atoms with Crippen LogP contribution in [0.3, 0.4) is 0 Å². The summed E-state index contributed by atoms with van der Waals surface area (Å²) in [4.78, 5) is 0. The van der Waals surface area contributed by atoms with Gasteiger partial charge in [-0.05, 0) is 0 Å². The third-order valence-corrected chi connectivity index (χ3v) is 1.19. The molecule has 42 valence electrons. The molecule has 5 heteroatoms. The molecule has 8 heavy (non-hydrogen) atoms. The zero-order valence-corrected chi connectivity index (χ0v) is 7.83. The first kappa shape index (κ1) is 12.0. The second-order valence-corrected chi connectivity index (χ2v) is 2.22. The minimum Gasteiger partial charge on any atom is -0.254 e. The first-order valence-corrected chi connectivity index (χ1v) is 4.39. The average molecular weight is 148 g/mol. The van der Waals surface area contributed by atoms with E-state index >= 15 is 0 Å². The minimum absolute atomic E-state index is 0.995. The van der Waals surface area contributed by atoms with Crippen LogP contribution in [0.5, 0.6) is 0 Å². The maximum absolute atomic E-state index is 9.67. The smallest absolute Gasteiger partial charge is 0.254 e. The van der Waals surface area contributed by atoms with E-state index in [-0.39, 0.29) is 0 Å². The van der Waals surface area contributed by atoms with Gasteiger partial charge in [0.05, 0.1) is 0 Å². The summed E-state index contributed by atoms with van der Waals surface area (Å²) in [7, 11) is -3.67. The molecule has 0 rings (SSSR count). The Bertz CT molecular complexity index is 47.0. The van der Waals surface area contributed by atoms with E-state index in [1.54, 1.807) is 0 Å². The van der Waals surface area contributed by atoms with E-state index < -0.39 is 7.54 Å². The largest absolute Gasteiger partial charge is 0.762 e. The summed E-state index contributed by atoms with van der Waals surface area (Å²) in [6.45, 7) is 3.53.